The zero-order chi connectivity index (χ0) is 13.1. The molecule has 96 valence electrons. The Morgan fingerprint density at radius 1 is 1.35 bits per heavy atom. The molecule has 1 N–H and O–H groups in total. The fourth-order valence-corrected chi connectivity index (χ4v) is 4.54. The van der Waals surface area contributed by atoms with Gasteiger partial charge in [0, 0.05) is 16.8 Å². The van der Waals surface area contributed by atoms with Crippen LogP contribution < -0.4 is 4.72 Å². The largest absolute Gasteiger partial charge is 0.243 e. The van der Waals surface area contributed by atoms with Crippen LogP contribution in [0.3, 0.4) is 0 Å². The molecule has 1 rings (SSSR count). The van der Waals surface area contributed by atoms with E-state index in [1.807, 2.05) is 6.26 Å². The summed E-state index contributed by atoms with van der Waals surface area (Å²) in [6, 6.07) is 2.99. The minimum Gasteiger partial charge on any atom is -0.210 e. The highest BCUT2D eigenvalue weighted by Crippen LogP contribution is 2.32. The summed E-state index contributed by atoms with van der Waals surface area (Å²) in [7, 11) is -3.66. The second-order valence-electron chi connectivity index (χ2n) is 3.09. The number of rotatable bonds is 5. The van der Waals surface area contributed by atoms with Crippen molar-refractivity contribution in [3.8, 4) is 0 Å². The lowest BCUT2D eigenvalue weighted by Crippen LogP contribution is -2.26. The van der Waals surface area contributed by atoms with Gasteiger partial charge in [0.2, 0.25) is 10.0 Å². The number of thioether (sulfide) groups is 1. The Balaban J connectivity index is 3.07. The van der Waals surface area contributed by atoms with Gasteiger partial charge in [-0.15, -0.1) is 0 Å². The van der Waals surface area contributed by atoms with Gasteiger partial charge in [-0.05, 0) is 18.4 Å². The lowest BCUT2D eigenvalue weighted by Gasteiger charge is -2.10. The molecule has 0 saturated carbocycles. The summed E-state index contributed by atoms with van der Waals surface area (Å²) >= 11 is 16.5. The SMILES string of the molecule is CSCCNS(=O)(=O)c1c(Cl)cc(Br)cc1Cl. The van der Waals surface area contributed by atoms with E-state index in [0.29, 0.717) is 16.8 Å². The van der Waals surface area contributed by atoms with Gasteiger partial charge in [0.25, 0.3) is 0 Å². The van der Waals surface area contributed by atoms with Gasteiger partial charge in [-0.2, -0.15) is 11.8 Å². The molecule has 3 nitrogen and oxygen atoms in total. The monoisotopic (exact) mass is 377 g/mol. The molecule has 0 aliphatic carbocycles. The normalized spacial score (nSPS) is 11.8. The predicted molar refractivity (Wildman–Crippen MR) is 77.7 cm³/mol. The molecule has 0 fully saturated rings. The second kappa shape index (κ2) is 6.63. The third-order valence-electron chi connectivity index (χ3n) is 1.83. The molecule has 0 aliphatic rings. The topological polar surface area (TPSA) is 46.2 Å². The Kier molecular flexibility index (Phi) is 6.09. The zero-order valence-corrected chi connectivity index (χ0v) is 13.6. The van der Waals surface area contributed by atoms with Gasteiger partial charge in [0.1, 0.15) is 4.90 Å². The van der Waals surface area contributed by atoms with Crippen molar-refractivity contribution in [2.75, 3.05) is 18.6 Å². The molecule has 0 amide bonds. The van der Waals surface area contributed by atoms with Crippen LogP contribution in [0.1, 0.15) is 0 Å². The Labute approximate surface area is 123 Å². The molecule has 0 aliphatic heterocycles. The number of halogens is 3. The lowest BCUT2D eigenvalue weighted by atomic mass is 10.4. The summed E-state index contributed by atoms with van der Waals surface area (Å²) in [4.78, 5) is -0.0786. The highest BCUT2D eigenvalue weighted by atomic mass is 79.9. The molecule has 0 unspecified atom stereocenters. The minimum atomic E-state index is -3.66. The molecular formula is C9H10BrCl2NO2S2. The zero-order valence-electron chi connectivity index (χ0n) is 8.84. The van der Waals surface area contributed by atoms with Crippen LogP contribution in [0.2, 0.25) is 10.0 Å². The van der Waals surface area contributed by atoms with Crippen LogP contribution >= 0.6 is 50.9 Å². The summed E-state index contributed by atoms with van der Waals surface area (Å²) in [5.74, 6) is 0.686. The molecule has 0 saturated heterocycles. The van der Waals surface area contributed by atoms with Crippen molar-refractivity contribution in [2.24, 2.45) is 0 Å². The van der Waals surface area contributed by atoms with Gasteiger partial charge in [0.15, 0.2) is 0 Å². The molecule has 17 heavy (non-hydrogen) atoms. The van der Waals surface area contributed by atoms with E-state index in [4.69, 9.17) is 23.2 Å². The van der Waals surface area contributed by atoms with Crippen LogP contribution in [0, 0.1) is 0 Å². The first-order chi connectivity index (χ1) is 7.88. The van der Waals surface area contributed by atoms with E-state index in [1.165, 1.54) is 12.1 Å². The third kappa shape index (κ3) is 4.29. The van der Waals surface area contributed by atoms with Gasteiger partial charge in [0.05, 0.1) is 10.0 Å². The summed E-state index contributed by atoms with van der Waals surface area (Å²) < 4.78 is 27.0. The second-order valence-corrected chi connectivity index (χ2v) is 7.51. The number of benzene rings is 1. The van der Waals surface area contributed by atoms with Crippen molar-refractivity contribution in [1.82, 2.24) is 4.72 Å². The van der Waals surface area contributed by atoms with Crippen LogP contribution in [-0.2, 0) is 10.0 Å². The fraction of sp³-hybridized carbons (Fsp3) is 0.333. The Morgan fingerprint density at radius 3 is 2.35 bits per heavy atom. The number of nitrogens with one attached hydrogen (secondary N) is 1. The molecule has 0 radical (unpaired) electrons. The number of hydrogen-bond donors (Lipinski definition) is 1. The summed E-state index contributed by atoms with van der Waals surface area (Å²) in [6.07, 6.45) is 1.90. The molecular weight excluding hydrogens is 369 g/mol. The smallest absolute Gasteiger partial charge is 0.210 e. The van der Waals surface area contributed by atoms with Crippen LogP contribution in [0.5, 0.6) is 0 Å². The van der Waals surface area contributed by atoms with Crippen molar-refractivity contribution in [2.45, 2.75) is 4.90 Å². The molecule has 0 spiro atoms. The maximum absolute atomic E-state index is 12.0. The molecule has 8 heteroatoms. The molecule has 1 aromatic rings. The van der Waals surface area contributed by atoms with Crippen LogP contribution in [0.4, 0.5) is 0 Å². The van der Waals surface area contributed by atoms with E-state index in [-0.39, 0.29) is 14.9 Å². The van der Waals surface area contributed by atoms with E-state index < -0.39 is 10.0 Å². The van der Waals surface area contributed by atoms with E-state index in [0.717, 1.165) is 0 Å². The van der Waals surface area contributed by atoms with E-state index >= 15 is 0 Å². The summed E-state index contributed by atoms with van der Waals surface area (Å²) in [6.45, 7) is 0.340. The maximum Gasteiger partial charge on any atom is 0.243 e. The maximum atomic E-state index is 12.0. The molecule has 0 heterocycles. The van der Waals surface area contributed by atoms with Crippen LogP contribution in [0.25, 0.3) is 0 Å². The quantitative estimate of drug-likeness (QED) is 0.798. The fourth-order valence-electron chi connectivity index (χ4n) is 1.14. The van der Waals surface area contributed by atoms with Crippen LogP contribution in [0.15, 0.2) is 21.5 Å². The van der Waals surface area contributed by atoms with E-state index in [2.05, 4.69) is 20.7 Å². The van der Waals surface area contributed by atoms with Crippen molar-refractivity contribution in [1.29, 1.82) is 0 Å². The average Bonchev–Trinajstić information content (AvgIpc) is 2.15. The first kappa shape index (κ1) is 15.6. The van der Waals surface area contributed by atoms with Gasteiger partial charge in [-0.25, -0.2) is 13.1 Å². The van der Waals surface area contributed by atoms with Crippen molar-refractivity contribution in [3.05, 3.63) is 26.7 Å². The van der Waals surface area contributed by atoms with Gasteiger partial charge < -0.3 is 0 Å². The highest BCUT2D eigenvalue weighted by Gasteiger charge is 2.21. The number of sulfonamides is 1. The molecule has 0 atom stereocenters. The Bertz CT molecular complexity index is 485. The molecule has 0 aromatic heterocycles. The summed E-state index contributed by atoms with van der Waals surface area (Å²) in [5, 5.41) is 0.196. The third-order valence-corrected chi connectivity index (χ3v) is 5.28. The van der Waals surface area contributed by atoms with Gasteiger partial charge >= 0.3 is 0 Å². The first-order valence-corrected chi connectivity index (χ1v) is 8.94. The van der Waals surface area contributed by atoms with Crippen LogP contribution in [-0.4, -0.2) is 27.0 Å². The minimum absolute atomic E-state index is 0.0786. The van der Waals surface area contributed by atoms with Gasteiger partial charge in [-0.1, -0.05) is 39.1 Å². The average molecular weight is 379 g/mol. The molecule has 0 bridgehead atoms. The first-order valence-electron chi connectivity index (χ1n) is 4.51. The standard InChI is InChI=1S/C9H10BrCl2NO2S2/c1-16-3-2-13-17(14,15)9-7(11)4-6(10)5-8(9)12/h4-5,13H,2-3H2,1H3. The predicted octanol–water partition coefficient (Wildman–Crippen LogP) is 3.40. The van der Waals surface area contributed by atoms with Crippen molar-refractivity contribution in [3.63, 3.8) is 0 Å². The van der Waals surface area contributed by atoms with E-state index in [9.17, 15) is 8.42 Å². The number of hydrogen-bond acceptors (Lipinski definition) is 3. The summed E-state index contributed by atoms with van der Waals surface area (Å²) in [5.41, 5.74) is 0. The van der Waals surface area contributed by atoms with Crippen molar-refractivity contribution >= 4 is 60.9 Å². The highest BCUT2D eigenvalue weighted by molar-refractivity contribution is 9.10. The lowest BCUT2D eigenvalue weighted by molar-refractivity contribution is 0.584. The Hall–Kier alpha value is 0.540. The van der Waals surface area contributed by atoms with E-state index in [1.54, 1.807) is 11.8 Å². The Morgan fingerprint density at radius 2 is 1.88 bits per heavy atom. The van der Waals surface area contributed by atoms with Gasteiger partial charge in [-0.3, -0.25) is 0 Å². The van der Waals surface area contributed by atoms with Crippen molar-refractivity contribution < 1.29 is 8.42 Å². The molecule has 1 aromatic carbocycles.